The molecule has 110 valence electrons. The summed E-state index contributed by atoms with van der Waals surface area (Å²) in [5.41, 5.74) is -1.56. The third kappa shape index (κ3) is 2.87. The first-order valence-corrected chi connectivity index (χ1v) is 6.23. The van der Waals surface area contributed by atoms with E-state index >= 15 is 0 Å². The van der Waals surface area contributed by atoms with E-state index in [2.05, 4.69) is 5.32 Å². The van der Waals surface area contributed by atoms with Gasteiger partial charge in [0.2, 0.25) is 0 Å². The first-order chi connectivity index (χ1) is 9.27. The molecule has 0 saturated heterocycles. The zero-order valence-corrected chi connectivity index (χ0v) is 11.6. The number of carboxylic acid groups (broad SMARTS) is 1. The molecular formula is C13H17FN2O4. The van der Waals surface area contributed by atoms with E-state index in [0.29, 0.717) is 0 Å². The topological polar surface area (TPSA) is 92.5 Å². The summed E-state index contributed by atoms with van der Waals surface area (Å²) in [5, 5.41) is 23.0. The van der Waals surface area contributed by atoms with Crippen LogP contribution in [0.1, 0.15) is 32.3 Å². The van der Waals surface area contributed by atoms with E-state index in [1.54, 1.807) is 13.8 Å². The third-order valence-electron chi connectivity index (χ3n) is 3.46. The third-order valence-corrected chi connectivity index (χ3v) is 3.46. The molecule has 0 aliphatic carbocycles. The number of nitrogens with one attached hydrogen (secondary N) is 1. The van der Waals surface area contributed by atoms with Crippen LogP contribution in [0.4, 0.5) is 15.8 Å². The maximum atomic E-state index is 13.4. The highest BCUT2D eigenvalue weighted by Gasteiger charge is 2.36. The van der Waals surface area contributed by atoms with Crippen LogP contribution in [-0.2, 0) is 4.79 Å². The summed E-state index contributed by atoms with van der Waals surface area (Å²) in [4.78, 5) is 21.7. The molecule has 0 radical (unpaired) electrons. The van der Waals surface area contributed by atoms with Gasteiger partial charge in [0.15, 0.2) is 0 Å². The highest BCUT2D eigenvalue weighted by atomic mass is 19.1. The van der Waals surface area contributed by atoms with Crippen LogP contribution in [0.5, 0.6) is 0 Å². The number of nitro groups is 1. The standard InChI is InChI=1S/C13H17FN2O4/c1-4-13(5-2,12(17)18)15-10-6-8(3)9(14)7-11(10)16(19)20/h6-7,15H,4-5H2,1-3H3,(H,17,18). The van der Waals surface area contributed by atoms with Crippen LogP contribution in [0.3, 0.4) is 0 Å². The number of anilines is 1. The Hall–Kier alpha value is -2.18. The Bertz CT molecular complexity index is 541. The van der Waals surface area contributed by atoms with Crippen molar-refractivity contribution in [2.75, 3.05) is 5.32 Å². The molecule has 0 aromatic heterocycles. The van der Waals surface area contributed by atoms with Gasteiger partial charge in [-0.15, -0.1) is 0 Å². The molecule has 0 bridgehead atoms. The van der Waals surface area contributed by atoms with Crippen LogP contribution in [0.15, 0.2) is 12.1 Å². The second kappa shape index (κ2) is 5.85. The van der Waals surface area contributed by atoms with Gasteiger partial charge in [0.05, 0.1) is 11.0 Å². The van der Waals surface area contributed by atoms with Crippen molar-refractivity contribution >= 4 is 17.3 Å². The molecule has 0 amide bonds. The normalized spacial score (nSPS) is 11.2. The summed E-state index contributed by atoms with van der Waals surface area (Å²) in [6.07, 6.45) is 0.485. The number of hydrogen-bond donors (Lipinski definition) is 2. The Morgan fingerprint density at radius 3 is 2.40 bits per heavy atom. The van der Waals surface area contributed by atoms with Gasteiger partial charge in [0, 0.05) is 0 Å². The fourth-order valence-corrected chi connectivity index (χ4v) is 1.96. The minimum absolute atomic E-state index is 0.0139. The van der Waals surface area contributed by atoms with Crippen LogP contribution in [0, 0.1) is 22.9 Å². The molecular weight excluding hydrogens is 267 g/mol. The van der Waals surface area contributed by atoms with Crippen molar-refractivity contribution in [3.05, 3.63) is 33.6 Å². The van der Waals surface area contributed by atoms with Crippen molar-refractivity contribution in [3.8, 4) is 0 Å². The number of carbonyl (C=O) groups is 1. The largest absolute Gasteiger partial charge is 0.480 e. The Balaban J connectivity index is 3.35. The lowest BCUT2D eigenvalue weighted by molar-refractivity contribution is -0.384. The fourth-order valence-electron chi connectivity index (χ4n) is 1.96. The molecule has 6 nitrogen and oxygen atoms in total. The first kappa shape index (κ1) is 15.9. The number of carboxylic acids is 1. The number of aliphatic carboxylic acids is 1. The molecule has 0 atom stereocenters. The number of nitro benzene ring substituents is 1. The van der Waals surface area contributed by atoms with Crippen LogP contribution < -0.4 is 5.32 Å². The maximum absolute atomic E-state index is 13.4. The Morgan fingerprint density at radius 2 is 2.00 bits per heavy atom. The van der Waals surface area contributed by atoms with E-state index in [9.17, 15) is 24.4 Å². The van der Waals surface area contributed by atoms with Gasteiger partial charge < -0.3 is 10.4 Å². The molecule has 2 N–H and O–H groups in total. The summed E-state index contributed by atoms with van der Waals surface area (Å²) < 4.78 is 13.4. The monoisotopic (exact) mass is 284 g/mol. The van der Waals surface area contributed by atoms with Gasteiger partial charge in [-0.3, -0.25) is 10.1 Å². The number of hydrogen-bond acceptors (Lipinski definition) is 4. The molecule has 7 heteroatoms. The second-order valence-electron chi connectivity index (χ2n) is 4.60. The van der Waals surface area contributed by atoms with Gasteiger partial charge in [-0.2, -0.15) is 0 Å². The molecule has 1 rings (SSSR count). The Kier molecular flexibility index (Phi) is 4.65. The Labute approximate surface area is 115 Å². The van der Waals surface area contributed by atoms with Crippen LogP contribution in [0.25, 0.3) is 0 Å². The van der Waals surface area contributed by atoms with Gasteiger partial charge in [-0.05, 0) is 31.4 Å². The average Bonchev–Trinajstić information content (AvgIpc) is 2.39. The molecule has 0 unspecified atom stereocenters. The van der Waals surface area contributed by atoms with E-state index in [1.165, 1.54) is 13.0 Å². The zero-order chi connectivity index (χ0) is 15.5. The van der Waals surface area contributed by atoms with Crippen molar-refractivity contribution in [2.24, 2.45) is 0 Å². The fraction of sp³-hybridized carbons (Fsp3) is 0.462. The number of benzene rings is 1. The van der Waals surface area contributed by atoms with Crippen molar-refractivity contribution in [2.45, 2.75) is 39.2 Å². The van der Waals surface area contributed by atoms with Crippen LogP contribution in [0.2, 0.25) is 0 Å². The van der Waals surface area contributed by atoms with E-state index in [4.69, 9.17) is 0 Å². The van der Waals surface area contributed by atoms with E-state index in [0.717, 1.165) is 6.07 Å². The molecule has 0 spiro atoms. The molecule has 0 heterocycles. The number of rotatable bonds is 6. The van der Waals surface area contributed by atoms with Gasteiger partial charge in [-0.1, -0.05) is 13.8 Å². The first-order valence-electron chi connectivity index (χ1n) is 6.23. The van der Waals surface area contributed by atoms with Crippen molar-refractivity contribution in [1.82, 2.24) is 0 Å². The van der Waals surface area contributed by atoms with Crippen LogP contribution in [-0.4, -0.2) is 21.5 Å². The second-order valence-corrected chi connectivity index (χ2v) is 4.60. The predicted molar refractivity (Wildman–Crippen MR) is 72.4 cm³/mol. The van der Waals surface area contributed by atoms with Gasteiger partial charge in [0.1, 0.15) is 17.0 Å². The molecule has 0 fully saturated rings. The SMILES string of the molecule is CCC(CC)(Nc1cc(C)c(F)cc1[N+](=O)[O-])C(=O)O. The lowest BCUT2D eigenvalue weighted by Gasteiger charge is -2.29. The summed E-state index contributed by atoms with van der Waals surface area (Å²) in [5.74, 6) is -1.80. The average molecular weight is 284 g/mol. The van der Waals surface area contributed by atoms with E-state index < -0.39 is 27.9 Å². The summed E-state index contributed by atoms with van der Waals surface area (Å²) in [6.45, 7) is 4.81. The predicted octanol–water partition coefficient (Wildman–Crippen LogP) is 3.10. The summed E-state index contributed by atoms with van der Waals surface area (Å²) in [7, 11) is 0. The molecule has 1 aromatic rings. The van der Waals surface area contributed by atoms with E-state index in [1.807, 2.05) is 0 Å². The van der Waals surface area contributed by atoms with Crippen molar-refractivity contribution in [3.63, 3.8) is 0 Å². The van der Waals surface area contributed by atoms with Gasteiger partial charge in [0.25, 0.3) is 5.69 Å². The van der Waals surface area contributed by atoms with Crippen molar-refractivity contribution in [1.29, 1.82) is 0 Å². The lowest BCUT2D eigenvalue weighted by atomic mass is 9.92. The summed E-state index contributed by atoms with van der Waals surface area (Å²) in [6, 6.07) is 2.06. The zero-order valence-electron chi connectivity index (χ0n) is 11.6. The maximum Gasteiger partial charge on any atom is 0.329 e. The van der Waals surface area contributed by atoms with Gasteiger partial charge in [-0.25, -0.2) is 9.18 Å². The highest BCUT2D eigenvalue weighted by Crippen LogP contribution is 2.32. The number of halogens is 1. The quantitative estimate of drug-likeness (QED) is 0.618. The molecule has 1 aromatic carbocycles. The minimum Gasteiger partial charge on any atom is -0.480 e. The lowest BCUT2D eigenvalue weighted by Crippen LogP contribution is -2.45. The van der Waals surface area contributed by atoms with E-state index in [-0.39, 0.29) is 24.1 Å². The number of aryl methyl sites for hydroxylation is 1. The molecule has 20 heavy (non-hydrogen) atoms. The Morgan fingerprint density at radius 1 is 1.45 bits per heavy atom. The molecule has 0 aliphatic rings. The molecule has 0 aliphatic heterocycles. The highest BCUT2D eigenvalue weighted by molar-refractivity contribution is 5.84. The minimum atomic E-state index is -1.31. The molecule has 0 saturated carbocycles. The summed E-state index contributed by atoms with van der Waals surface area (Å²) >= 11 is 0. The van der Waals surface area contributed by atoms with Gasteiger partial charge >= 0.3 is 5.97 Å². The van der Waals surface area contributed by atoms with Crippen LogP contribution >= 0.6 is 0 Å². The van der Waals surface area contributed by atoms with Crippen molar-refractivity contribution < 1.29 is 19.2 Å². The number of nitrogens with zero attached hydrogens (tertiary/aromatic N) is 1. The smallest absolute Gasteiger partial charge is 0.329 e.